The van der Waals surface area contributed by atoms with Crippen molar-refractivity contribution in [1.82, 2.24) is 4.31 Å². The smallest absolute Gasteiger partial charge is 0.243 e. The normalized spacial score (nSPS) is 12.6. The van der Waals surface area contributed by atoms with Gasteiger partial charge in [0, 0.05) is 24.1 Å². The lowest BCUT2D eigenvalue weighted by molar-refractivity contribution is -0.114. The molecule has 0 heterocycles. The second kappa shape index (κ2) is 8.90. The molecule has 150 valence electrons. The van der Waals surface area contributed by atoms with E-state index in [0.717, 1.165) is 15.6 Å². The van der Waals surface area contributed by atoms with E-state index in [1.807, 2.05) is 54.6 Å². The van der Waals surface area contributed by atoms with Gasteiger partial charge in [0.15, 0.2) is 0 Å². The Labute approximate surface area is 179 Å². The number of hydrogen-bond donors (Lipinski definition) is 1. The maximum atomic E-state index is 13.4. The fourth-order valence-electron chi connectivity index (χ4n) is 3.14. The second-order valence-corrected chi connectivity index (χ2v) is 9.41. The molecular weight excluding hydrogens is 452 g/mol. The topological polar surface area (TPSA) is 66.5 Å². The lowest BCUT2D eigenvalue weighted by Crippen LogP contribution is -2.32. The Kier molecular flexibility index (Phi) is 6.52. The van der Waals surface area contributed by atoms with Crippen molar-refractivity contribution in [3.05, 3.63) is 94.5 Å². The van der Waals surface area contributed by atoms with Gasteiger partial charge in [-0.05, 0) is 41.5 Å². The van der Waals surface area contributed by atoms with Crippen LogP contribution in [0, 0.1) is 0 Å². The van der Waals surface area contributed by atoms with Crippen LogP contribution in [0.3, 0.4) is 0 Å². The highest BCUT2D eigenvalue weighted by Gasteiger charge is 2.31. The first-order chi connectivity index (χ1) is 13.8. The molecule has 1 amide bonds. The van der Waals surface area contributed by atoms with E-state index in [1.165, 1.54) is 23.4 Å². The van der Waals surface area contributed by atoms with Gasteiger partial charge in [-0.2, -0.15) is 4.31 Å². The minimum absolute atomic E-state index is 0.155. The van der Waals surface area contributed by atoms with E-state index in [1.54, 1.807) is 19.2 Å². The number of hydrogen-bond acceptors (Lipinski definition) is 3. The van der Waals surface area contributed by atoms with Gasteiger partial charge in [0.1, 0.15) is 0 Å². The van der Waals surface area contributed by atoms with E-state index in [-0.39, 0.29) is 10.8 Å². The highest BCUT2D eigenvalue weighted by Crippen LogP contribution is 2.35. The van der Waals surface area contributed by atoms with Gasteiger partial charge in [-0.25, -0.2) is 8.42 Å². The van der Waals surface area contributed by atoms with Crippen LogP contribution in [0.1, 0.15) is 24.1 Å². The molecule has 0 spiro atoms. The number of amides is 1. The van der Waals surface area contributed by atoms with Crippen LogP contribution in [0.2, 0.25) is 0 Å². The summed E-state index contributed by atoms with van der Waals surface area (Å²) in [5.41, 5.74) is 2.25. The molecule has 1 atom stereocenters. The maximum Gasteiger partial charge on any atom is 0.243 e. The largest absolute Gasteiger partial charge is 0.326 e. The van der Waals surface area contributed by atoms with Crippen LogP contribution in [-0.2, 0) is 14.8 Å². The number of nitrogens with one attached hydrogen (secondary N) is 1. The fourth-order valence-corrected chi connectivity index (χ4v) is 4.96. The summed E-state index contributed by atoms with van der Waals surface area (Å²) >= 11 is 3.56. The molecule has 0 saturated carbocycles. The van der Waals surface area contributed by atoms with Crippen molar-refractivity contribution in [3.63, 3.8) is 0 Å². The Balaban J connectivity index is 2.04. The van der Waals surface area contributed by atoms with Crippen molar-refractivity contribution in [2.45, 2.75) is 17.9 Å². The lowest BCUT2D eigenvalue weighted by atomic mass is 9.99. The van der Waals surface area contributed by atoms with E-state index < -0.39 is 16.1 Å². The van der Waals surface area contributed by atoms with Crippen molar-refractivity contribution in [2.24, 2.45) is 0 Å². The van der Waals surface area contributed by atoms with E-state index in [2.05, 4.69) is 21.2 Å². The van der Waals surface area contributed by atoms with E-state index in [4.69, 9.17) is 0 Å². The maximum absolute atomic E-state index is 13.4. The zero-order valence-corrected chi connectivity index (χ0v) is 18.4. The van der Waals surface area contributed by atoms with Gasteiger partial charge in [0.2, 0.25) is 15.9 Å². The van der Waals surface area contributed by atoms with Gasteiger partial charge in [0.05, 0.1) is 10.9 Å². The van der Waals surface area contributed by atoms with Gasteiger partial charge in [-0.1, -0.05) is 64.5 Å². The van der Waals surface area contributed by atoms with Crippen molar-refractivity contribution < 1.29 is 13.2 Å². The molecule has 1 unspecified atom stereocenters. The Morgan fingerprint density at radius 2 is 1.52 bits per heavy atom. The van der Waals surface area contributed by atoms with Crippen LogP contribution >= 0.6 is 15.9 Å². The third kappa shape index (κ3) is 4.75. The van der Waals surface area contributed by atoms with Crippen LogP contribution in [0.25, 0.3) is 0 Å². The Bertz CT molecular complexity index is 1100. The molecule has 3 aromatic rings. The number of benzene rings is 3. The molecular formula is C22H21BrN2O3S. The predicted molar refractivity (Wildman–Crippen MR) is 118 cm³/mol. The average Bonchev–Trinajstić information content (AvgIpc) is 2.70. The molecule has 0 aromatic heterocycles. The predicted octanol–water partition coefficient (Wildman–Crippen LogP) is 4.82. The monoisotopic (exact) mass is 472 g/mol. The first kappa shape index (κ1) is 21.2. The molecule has 0 aliphatic rings. The van der Waals surface area contributed by atoms with Crippen LogP contribution in [0.4, 0.5) is 5.69 Å². The number of nitrogens with zero attached hydrogens (tertiary/aromatic N) is 1. The summed E-state index contributed by atoms with van der Waals surface area (Å²) in [7, 11) is -2.22. The first-order valence-corrected chi connectivity index (χ1v) is 11.2. The molecule has 1 N–H and O–H groups in total. The molecule has 7 heteroatoms. The molecule has 29 heavy (non-hydrogen) atoms. The van der Waals surface area contributed by atoms with Gasteiger partial charge in [-0.3, -0.25) is 4.79 Å². The number of halogens is 1. The van der Waals surface area contributed by atoms with Crippen LogP contribution in [-0.4, -0.2) is 25.7 Å². The molecule has 0 aliphatic heterocycles. The number of rotatable bonds is 6. The fraction of sp³-hybridized carbons (Fsp3) is 0.136. The van der Waals surface area contributed by atoms with E-state index >= 15 is 0 Å². The molecule has 0 saturated heterocycles. The van der Waals surface area contributed by atoms with Gasteiger partial charge in [-0.15, -0.1) is 0 Å². The summed E-state index contributed by atoms with van der Waals surface area (Å²) in [6.07, 6.45) is 0. The molecule has 0 bridgehead atoms. The SMILES string of the molecule is CC(=O)Nc1ccc(S(=O)(=O)N(C)C(c2ccccc2)c2ccccc2Br)cc1. The standard InChI is InChI=1S/C22H21BrN2O3S/c1-16(26)24-18-12-14-19(15-13-18)29(27,28)25(2)22(17-8-4-3-5-9-17)20-10-6-7-11-21(20)23/h3-15,22H,1-2H3,(H,24,26). The van der Waals surface area contributed by atoms with Gasteiger partial charge < -0.3 is 5.32 Å². The molecule has 0 radical (unpaired) electrons. The minimum atomic E-state index is -3.80. The average molecular weight is 473 g/mol. The Morgan fingerprint density at radius 3 is 2.10 bits per heavy atom. The third-order valence-corrected chi connectivity index (χ3v) is 7.09. The summed E-state index contributed by atoms with van der Waals surface area (Å²) in [5, 5.41) is 2.64. The second-order valence-electron chi connectivity index (χ2n) is 6.56. The summed E-state index contributed by atoms with van der Waals surface area (Å²) in [6.45, 7) is 1.40. The summed E-state index contributed by atoms with van der Waals surface area (Å²) in [5.74, 6) is -0.212. The number of sulfonamides is 1. The Hall–Kier alpha value is -2.48. The number of carbonyl (C=O) groups is 1. The van der Waals surface area contributed by atoms with E-state index in [0.29, 0.717) is 5.69 Å². The lowest BCUT2D eigenvalue weighted by Gasteiger charge is -2.29. The van der Waals surface area contributed by atoms with Gasteiger partial charge in [0.25, 0.3) is 0 Å². The summed E-state index contributed by atoms with van der Waals surface area (Å²) < 4.78 is 29.0. The van der Waals surface area contributed by atoms with Crippen LogP contribution in [0.5, 0.6) is 0 Å². The molecule has 3 rings (SSSR count). The summed E-state index contributed by atoms with van der Waals surface area (Å²) in [4.78, 5) is 11.4. The third-order valence-electron chi connectivity index (χ3n) is 4.53. The highest BCUT2D eigenvalue weighted by atomic mass is 79.9. The molecule has 0 aliphatic carbocycles. The van der Waals surface area contributed by atoms with Crippen molar-refractivity contribution in [2.75, 3.05) is 12.4 Å². The zero-order chi connectivity index (χ0) is 21.0. The molecule has 0 fully saturated rings. The summed E-state index contributed by atoms with van der Waals surface area (Å²) in [6, 6.07) is 22.7. The van der Waals surface area contributed by atoms with Crippen LogP contribution in [0.15, 0.2) is 88.2 Å². The zero-order valence-electron chi connectivity index (χ0n) is 16.0. The van der Waals surface area contributed by atoms with Crippen molar-refractivity contribution in [1.29, 1.82) is 0 Å². The first-order valence-electron chi connectivity index (χ1n) is 8.96. The molecule has 5 nitrogen and oxygen atoms in total. The Morgan fingerprint density at radius 1 is 0.931 bits per heavy atom. The molecule has 3 aromatic carbocycles. The quantitative estimate of drug-likeness (QED) is 0.559. The number of carbonyl (C=O) groups excluding carboxylic acids is 1. The van der Waals surface area contributed by atoms with E-state index in [9.17, 15) is 13.2 Å². The van der Waals surface area contributed by atoms with Crippen molar-refractivity contribution >= 4 is 37.5 Å². The highest BCUT2D eigenvalue weighted by molar-refractivity contribution is 9.10. The minimum Gasteiger partial charge on any atom is -0.326 e. The van der Waals surface area contributed by atoms with Crippen LogP contribution < -0.4 is 5.32 Å². The number of anilines is 1. The van der Waals surface area contributed by atoms with Crippen molar-refractivity contribution in [3.8, 4) is 0 Å². The van der Waals surface area contributed by atoms with Gasteiger partial charge >= 0.3 is 0 Å².